The van der Waals surface area contributed by atoms with Crippen molar-refractivity contribution < 1.29 is 14.8 Å². The molecule has 0 spiro atoms. The highest BCUT2D eigenvalue weighted by molar-refractivity contribution is 5.75. The van der Waals surface area contributed by atoms with Gasteiger partial charge in [0.25, 0.3) is 0 Å². The first kappa shape index (κ1) is 14.4. The van der Waals surface area contributed by atoms with Gasteiger partial charge in [-0.2, -0.15) is 0 Å². The summed E-state index contributed by atoms with van der Waals surface area (Å²) in [5.74, 6) is -0.201. The van der Waals surface area contributed by atoms with Gasteiger partial charge >= 0.3 is 5.82 Å². The molecule has 1 amide bonds. The molecule has 2 unspecified atom stereocenters. The SMILES string of the molecule is O=C(CCn1cnc([N+](=O)[O-])c1)NCC1CCCC1O. The minimum absolute atomic E-state index is 0.125. The topological polar surface area (TPSA) is 110 Å². The summed E-state index contributed by atoms with van der Waals surface area (Å²) >= 11 is 0. The van der Waals surface area contributed by atoms with Gasteiger partial charge in [0.1, 0.15) is 6.20 Å². The Morgan fingerprint density at radius 1 is 1.60 bits per heavy atom. The summed E-state index contributed by atoms with van der Waals surface area (Å²) in [5, 5.41) is 22.9. The van der Waals surface area contributed by atoms with Crippen molar-refractivity contribution >= 4 is 11.7 Å². The quantitative estimate of drug-likeness (QED) is 0.581. The van der Waals surface area contributed by atoms with Crippen molar-refractivity contribution in [3.63, 3.8) is 0 Å². The second kappa shape index (κ2) is 6.47. The van der Waals surface area contributed by atoms with Gasteiger partial charge in [0, 0.05) is 25.4 Å². The van der Waals surface area contributed by atoms with Gasteiger partial charge in [-0.25, -0.2) is 0 Å². The summed E-state index contributed by atoms with van der Waals surface area (Å²) in [6.07, 6.45) is 5.30. The molecule has 1 aromatic heterocycles. The molecule has 0 radical (unpaired) electrons. The van der Waals surface area contributed by atoms with E-state index >= 15 is 0 Å². The number of carbonyl (C=O) groups excluding carboxylic acids is 1. The van der Waals surface area contributed by atoms with Crippen molar-refractivity contribution in [3.8, 4) is 0 Å². The summed E-state index contributed by atoms with van der Waals surface area (Å²) in [4.78, 5) is 25.2. The second-order valence-corrected chi connectivity index (χ2v) is 5.04. The van der Waals surface area contributed by atoms with Crippen LogP contribution in [0.4, 0.5) is 5.82 Å². The van der Waals surface area contributed by atoms with Gasteiger partial charge in [0.2, 0.25) is 12.2 Å². The molecule has 2 N–H and O–H groups in total. The standard InChI is InChI=1S/C12H18N4O4/c17-10-3-1-2-9(10)6-13-12(18)4-5-15-7-11(14-8-15)16(19)20/h7-10,17H,1-6H2,(H,13,18). The van der Waals surface area contributed by atoms with Crippen LogP contribution in [0.5, 0.6) is 0 Å². The van der Waals surface area contributed by atoms with Crippen LogP contribution in [0.15, 0.2) is 12.5 Å². The van der Waals surface area contributed by atoms with E-state index in [-0.39, 0.29) is 30.2 Å². The van der Waals surface area contributed by atoms with E-state index in [1.54, 1.807) is 0 Å². The van der Waals surface area contributed by atoms with Crippen molar-refractivity contribution in [2.24, 2.45) is 5.92 Å². The molecular formula is C12H18N4O4. The van der Waals surface area contributed by atoms with Crippen LogP contribution in [-0.2, 0) is 11.3 Å². The van der Waals surface area contributed by atoms with E-state index in [1.807, 2.05) is 0 Å². The van der Waals surface area contributed by atoms with E-state index in [4.69, 9.17) is 0 Å². The maximum absolute atomic E-state index is 11.7. The predicted octanol–water partition coefficient (Wildman–Crippen LogP) is 0.459. The molecule has 0 saturated heterocycles. The van der Waals surface area contributed by atoms with Crippen molar-refractivity contribution in [1.82, 2.24) is 14.9 Å². The number of carbonyl (C=O) groups is 1. The lowest BCUT2D eigenvalue weighted by atomic mass is 10.1. The Balaban J connectivity index is 1.70. The normalized spacial score (nSPS) is 21.9. The van der Waals surface area contributed by atoms with Gasteiger partial charge in [-0.3, -0.25) is 4.79 Å². The fraction of sp³-hybridized carbons (Fsp3) is 0.667. The molecule has 1 aliphatic carbocycles. The smallest absolute Gasteiger partial charge is 0.381 e. The van der Waals surface area contributed by atoms with Gasteiger partial charge in [0.15, 0.2) is 0 Å². The van der Waals surface area contributed by atoms with Crippen LogP contribution >= 0.6 is 0 Å². The van der Waals surface area contributed by atoms with E-state index in [2.05, 4.69) is 10.3 Å². The summed E-state index contributed by atoms with van der Waals surface area (Å²) in [6.45, 7) is 0.837. The molecule has 1 fully saturated rings. The molecule has 1 aromatic rings. The first-order valence-electron chi connectivity index (χ1n) is 6.67. The third-order valence-electron chi connectivity index (χ3n) is 3.58. The van der Waals surface area contributed by atoms with Crippen LogP contribution in [0.3, 0.4) is 0 Å². The van der Waals surface area contributed by atoms with Crippen molar-refractivity contribution in [2.75, 3.05) is 6.54 Å². The highest BCUT2D eigenvalue weighted by atomic mass is 16.6. The molecule has 110 valence electrons. The first-order chi connectivity index (χ1) is 9.56. The van der Waals surface area contributed by atoms with Gasteiger partial charge in [-0.05, 0) is 22.7 Å². The molecule has 1 heterocycles. The Hall–Kier alpha value is -1.96. The van der Waals surface area contributed by atoms with Gasteiger partial charge in [-0.15, -0.1) is 0 Å². The molecule has 8 nitrogen and oxygen atoms in total. The van der Waals surface area contributed by atoms with E-state index in [9.17, 15) is 20.0 Å². The van der Waals surface area contributed by atoms with Crippen LogP contribution in [0, 0.1) is 16.0 Å². The number of nitrogens with one attached hydrogen (secondary N) is 1. The molecule has 1 saturated carbocycles. The second-order valence-electron chi connectivity index (χ2n) is 5.04. The molecule has 2 rings (SSSR count). The Kier molecular flexibility index (Phi) is 4.67. The molecule has 20 heavy (non-hydrogen) atoms. The number of hydrogen-bond acceptors (Lipinski definition) is 5. The zero-order valence-corrected chi connectivity index (χ0v) is 11.1. The maximum atomic E-state index is 11.7. The van der Waals surface area contributed by atoms with Crippen molar-refractivity contribution in [2.45, 2.75) is 38.3 Å². The van der Waals surface area contributed by atoms with Crippen LogP contribution in [-0.4, -0.2) is 38.1 Å². The Morgan fingerprint density at radius 3 is 3.00 bits per heavy atom. The third-order valence-corrected chi connectivity index (χ3v) is 3.58. The van der Waals surface area contributed by atoms with Crippen LogP contribution in [0.25, 0.3) is 0 Å². The zero-order valence-electron chi connectivity index (χ0n) is 11.1. The summed E-state index contributed by atoms with van der Waals surface area (Å²) in [7, 11) is 0. The summed E-state index contributed by atoms with van der Waals surface area (Å²) in [5.41, 5.74) is 0. The largest absolute Gasteiger partial charge is 0.393 e. The number of nitrogens with zero attached hydrogens (tertiary/aromatic N) is 3. The monoisotopic (exact) mass is 282 g/mol. The van der Waals surface area contributed by atoms with Crippen molar-refractivity contribution in [3.05, 3.63) is 22.6 Å². The summed E-state index contributed by atoms with van der Waals surface area (Å²) in [6, 6.07) is 0. The predicted molar refractivity (Wildman–Crippen MR) is 69.9 cm³/mol. The molecule has 0 aromatic carbocycles. The first-order valence-corrected chi connectivity index (χ1v) is 6.67. The lowest BCUT2D eigenvalue weighted by Gasteiger charge is -2.14. The van der Waals surface area contributed by atoms with Gasteiger partial charge in [-0.1, -0.05) is 6.42 Å². The zero-order chi connectivity index (χ0) is 14.5. The number of rotatable bonds is 6. The Morgan fingerprint density at radius 2 is 2.40 bits per heavy atom. The summed E-state index contributed by atoms with van der Waals surface area (Å²) < 4.78 is 1.52. The molecule has 1 aliphatic rings. The van der Waals surface area contributed by atoms with Crippen LogP contribution in [0.1, 0.15) is 25.7 Å². The lowest BCUT2D eigenvalue weighted by molar-refractivity contribution is -0.389. The van der Waals surface area contributed by atoms with E-state index in [0.29, 0.717) is 13.1 Å². The molecule has 2 atom stereocenters. The van der Waals surface area contributed by atoms with Crippen LogP contribution in [0.2, 0.25) is 0 Å². The van der Waals surface area contributed by atoms with Gasteiger partial charge < -0.3 is 25.1 Å². The fourth-order valence-electron chi connectivity index (χ4n) is 2.38. The number of aromatic nitrogens is 2. The third kappa shape index (κ3) is 3.77. The number of aliphatic hydroxyl groups excluding tert-OH is 1. The van der Waals surface area contributed by atoms with E-state index < -0.39 is 4.92 Å². The number of aliphatic hydroxyl groups is 1. The average Bonchev–Trinajstić information content (AvgIpc) is 3.03. The molecule has 0 aliphatic heterocycles. The van der Waals surface area contributed by atoms with Gasteiger partial charge in [0.05, 0.1) is 6.10 Å². The number of aryl methyl sites for hydroxylation is 1. The molecule has 0 bridgehead atoms. The number of nitro groups is 1. The average molecular weight is 282 g/mol. The molecule has 8 heteroatoms. The minimum atomic E-state index is -0.571. The Labute approximate surface area is 116 Å². The fourth-order valence-corrected chi connectivity index (χ4v) is 2.38. The highest BCUT2D eigenvalue weighted by Gasteiger charge is 2.25. The van der Waals surface area contributed by atoms with E-state index in [1.165, 1.54) is 17.1 Å². The van der Waals surface area contributed by atoms with E-state index in [0.717, 1.165) is 19.3 Å². The Bertz CT molecular complexity index is 488. The number of imidazole rings is 1. The number of amides is 1. The highest BCUT2D eigenvalue weighted by Crippen LogP contribution is 2.24. The molecular weight excluding hydrogens is 264 g/mol. The van der Waals surface area contributed by atoms with Crippen molar-refractivity contribution in [1.29, 1.82) is 0 Å². The minimum Gasteiger partial charge on any atom is -0.393 e. The number of hydrogen-bond donors (Lipinski definition) is 2. The maximum Gasteiger partial charge on any atom is 0.381 e. The van der Waals surface area contributed by atoms with Crippen LogP contribution < -0.4 is 5.32 Å². The lowest BCUT2D eigenvalue weighted by Crippen LogP contribution is -2.32.